The van der Waals surface area contributed by atoms with Gasteiger partial charge in [0.2, 0.25) is 0 Å². The second-order valence-corrected chi connectivity index (χ2v) is 6.98. The number of benzene rings is 2. The topological polar surface area (TPSA) is 43.4 Å². The van der Waals surface area contributed by atoms with Crippen LogP contribution in [-0.4, -0.2) is 15.0 Å². The Morgan fingerprint density at radius 1 is 0.905 bits per heavy atom. The summed E-state index contributed by atoms with van der Waals surface area (Å²) in [6, 6.07) is 14.7. The van der Waals surface area contributed by atoms with Crippen LogP contribution in [0, 0.1) is 13.8 Å². The summed E-state index contributed by atoms with van der Waals surface area (Å²) in [5.74, 6) is 0.0193. The van der Waals surface area contributed by atoms with Gasteiger partial charge in [-0.25, -0.2) is 0 Å². The minimum Gasteiger partial charge on any atom is -0.266 e. The highest BCUT2D eigenvalue weighted by Crippen LogP contribution is 2.19. The third kappa shape index (κ3) is 4.16. The first-order chi connectivity index (χ1) is 9.88. The van der Waals surface area contributed by atoms with E-state index in [0.29, 0.717) is 0 Å². The molecule has 2 aromatic rings. The van der Waals surface area contributed by atoms with Gasteiger partial charge in [0.1, 0.15) is 0 Å². The second kappa shape index (κ2) is 6.41. The molecule has 3 nitrogen and oxygen atoms in total. The largest absolute Gasteiger partial charge is 0.296 e. The number of hydrogen-bond acceptors (Lipinski definition) is 3. The number of hydrogen-bond donors (Lipinski definition) is 0. The lowest BCUT2D eigenvalue weighted by molar-refractivity contribution is 0.298. The minimum absolute atomic E-state index is 0.0193. The Kier molecular flexibility index (Phi) is 4.80. The molecule has 0 aliphatic rings. The van der Waals surface area contributed by atoms with Crippen LogP contribution in [0.5, 0.6) is 0 Å². The number of aryl methyl sites for hydroxylation is 2. The van der Waals surface area contributed by atoms with Crippen molar-refractivity contribution < 1.29 is 12.6 Å². The summed E-state index contributed by atoms with van der Waals surface area (Å²) in [5.41, 5.74) is 3.26. The van der Waals surface area contributed by atoms with Crippen LogP contribution in [0.4, 0.5) is 0 Å². The van der Waals surface area contributed by atoms with Crippen LogP contribution in [0.1, 0.15) is 29.5 Å². The van der Waals surface area contributed by atoms with Gasteiger partial charge in [0, 0.05) is 5.92 Å². The molecule has 0 heterocycles. The van der Waals surface area contributed by atoms with Gasteiger partial charge in [0.05, 0.1) is 11.5 Å². The molecule has 2 aromatic carbocycles. The third-order valence-electron chi connectivity index (χ3n) is 3.43. The van der Waals surface area contributed by atoms with Crippen LogP contribution in [0.3, 0.4) is 0 Å². The van der Waals surface area contributed by atoms with Gasteiger partial charge in [-0.1, -0.05) is 54.4 Å². The van der Waals surface area contributed by atoms with Gasteiger partial charge >= 0.3 is 0 Å². The first-order valence-electron chi connectivity index (χ1n) is 6.91. The summed E-state index contributed by atoms with van der Waals surface area (Å²) < 4.78 is 29.4. The molecule has 1 atom stereocenters. The van der Waals surface area contributed by atoms with Crippen molar-refractivity contribution in [1.29, 1.82) is 0 Å². The van der Waals surface area contributed by atoms with E-state index in [1.807, 2.05) is 45.0 Å². The molecule has 4 heteroatoms. The predicted molar refractivity (Wildman–Crippen MR) is 83.9 cm³/mol. The van der Waals surface area contributed by atoms with Gasteiger partial charge in [-0.15, -0.1) is 0 Å². The van der Waals surface area contributed by atoms with Gasteiger partial charge in [0.25, 0.3) is 10.1 Å². The van der Waals surface area contributed by atoms with Crippen molar-refractivity contribution in [3.05, 3.63) is 65.2 Å². The summed E-state index contributed by atoms with van der Waals surface area (Å²) in [6.07, 6.45) is 0. The molecule has 21 heavy (non-hydrogen) atoms. The molecule has 0 aromatic heterocycles. The van der Waals surface area contributed by atoms with Crippen molar-refractivity contribution in [2.24, 2.45) is 0 Å². The van der Waals surface area contributed by atoms with E-state index in [9.17, 15) is 8.42 Å². The average Bonchev–Trinajstić information content (AvgIpc) is 2.46. The van der Waals surface area contributed by atoms with E-state index in [-0.39, 0.29) is 17.4 Å². The van der Waals surface area contributed by atoms with E-state index in [1.54, 1.807) is 24.3 Å². The standard InChI is InChI=1S/C17H20O3S/c1-13-4-8-16(9-5-13)15(3)12-20-21(18,19)17-10-6-14(2)7-11-17/h4-11,15H,12H2,1-3H3. The summed E-state index contributed by atoms with van der Waals surface area (Å²) in [7, 11) is -3.69. The maximum Gasteiger partial charge on any atom is 0.296 e. The third-order valence-corrected chi connectivity index (χ3v) is 4.73. The van der Waals surface area contributed by atoms with E-state index in [2.05, 4.69) is 0 Å². The van der Waals surface area contributed by atoms with Crippen LogP contribution >= 0.6 is 0 Å². The van der Waals surface area contributed by atoms with E-state index in [1.165, 1.54) is 5.56 Å². The molecular weight excluding hydrogens is 284 g/mol. The Morgan fingerprint density at radius 2 is 1.38 bits per heavy atom. The SMILES string of the molecule is Cc1ccc(C(C)COS(=O)(=O)c2ccc(C)cc2)cc1. The molecule has 0 N–H and O–H groups in total. The maximum absolute atomic E-state index is 12.1. The van der Waals surface area contributed by atoms with Crippen molar-refractivity contribution >= 4 is 10.1 Å². The van der Waals surface area contributed by atoms with Gasteiger partial charge < -0.3 is 0 Å². The molecule has 0 aliphatic heterocycles. The number of rotatable bonds is 5. The monoisotopic (exact) mass is 304 g/mol. The van der Waals surface area contributed by atoms with Crippen LogP contribution < -0.4 is 0 Å². The highest BCUT2D eigenvalue weighted by Gasteiger charge is 2.17. The van der Waals surface area contributed by atoms with E-state index in [4.69, 9.17) is 4.18 Å². The summed E-state index contributed by atoms with van der Waals surface area (Å²) in [6.45, 7) is 6.03. The van der Waals surface area contributed by atoms with Crippen LogP contribution in [0.2, 0.25) is 0 Å². The lowest BCUT2D eigenvalue weighted by atomic mass is 10.0. The molecule has 0 aliphatic carbocycles. The highest BCUT2D eigenvalue weighted by atomic mass is 32.2. The van der Waals surface area contributed by atoms with E-state index >= 15 is 0 Å². The molecule has 0 radical (unpaired) electrons. The molecule has 112 valence electrons. The molecule has 0 saturated carbocycles. The summed E-state index contributed by atoms with van der Waals surface area (Å²) in [5, 5.41) is 0. The first kappa shape index (κ1) is 15.7. The van der Waals surface area contributed by atoms with E-state index in [0.717, 1.165) is 11.1 Å². The Balaban J connectivity index is 2.04. The molecule has 2 rings (SSSR count). The molecule has 0 bridgehead atoms. The normalized spacial score (nSPS) is 13.1. The summed E-state index contributed by atoms with van der Waals surface area (Å²) in [4.78, 5) is 0.198. The fourth-order valence-corrected chi connectivity index (χ4v) is 2.94. The van der Waals surface area contributed by atoms with Crippen molar-refractivity contribution in [3.8, 4) is 0 Å². The van der Waals surface area contributed by atoms with Crippen LogP contribution in [0.25, 0.3) is 0 Å². The molecular formula is C17H20O3S. The zero-order valence-electron chi connectivity index (χ0n) is 12.5. The lowest BCUT2D eigenvalue weighted by Gasteiger charge is -2.13. The smallest absolute Gasteiger partial charge is 0.266 e. The lowest BCUT2D eigenvalue weighted by Crippen LogP contribution is -2.12. The van der Waals surface area contributed by atoms with Crippen LogP contribution in [0.15, 0.2) is 53.4 Å². The molecule has 0 saturated heterocycles. The molecule has 0 fully saturated rings. The average molecular weight is 304 g/mol. The summed E-state index contributed by atoms with van der Waals surface area (Å²) >= 11 is 0. The second-order valence-electron chi connectivity index (χ2n) is 5.36. The maximum atomic E-state index is 12.1. The molecule has 0 amide bonds. The van der Waals surface area contributed by atoms with Gasteiger partial charge in [-0.2, -0.15) is 8.42 Å². The Bertz CT molecular complexity index is 686. The minimum atomic E-state index is -3.69. The Morgan fingerprint density at radius 3 is 1.90 bits per heavy atom. The zero-order valence-corrected chi connectivity index (χ0v) is 13.4. The van der Waals surface area contributed by atoms with Crippen molar-refractivity contribution in [1.82, 2.24) is 0 Å². The van der Waals surface area contributed by atoms with E-state index < -0.39 is 10.1 Å². The van der Waals surface area contributed by atoms with Gasteiger partial charge in [-0.05, 0) is 31.5 Å². The van der Waals surface area contributed by atoms with Crippen LogP contribution in [-0.2, 0) is 14.3 Å². The molecule has 1 unspecified atom stereocenters. The van der Waals surface area contributed by atoms with Crippen molar-refractivity contribution in [3.63, 3.8) is 0 Å². The van der Waals surface area contributed by atoms with Crippen molar-refractivity contribution in [2.75, 3.05) is 6.61 Å². The predicted octanol–water partition coefficient (Wildman–Crippen LogP) is 3.81. The first-order valence-corrected chi connectivity index (χ1v) is 8.32. The highest BCUT2D eigenvalue weighted by molar-refractivity contribution is 7.86. The molecule has 0 spiro atoms. The van der Waals surface area contributed by atoms with Crippen molar-refractivity contribution in [2.45, 2.75) is 31.6 Å². The quantitative estimate of drug-likeness (QED) is 0.789. The zero-order chi connectivity index (χ0) is 15.5. The fraction of sp³-hybridized carbons (Fsp3) is 0.294. The fourth-order valence-electron chi connectivity index (χ4n) is 1.96. The van der Waals surface area contributed by atoms with Gasteiger partial charge in [0.15, 0.2) is 0 Å². The Labute approximate surface area is 126 Å². The Hall–Kier alpha value is -1.65. The van der Waals surface area contributed by atoms with Gasteiger partial charge in [-0.3, -0.25) is 4.18 Å².